The SMILES string of the molecule is Cc1ccccc1CSCC(=O)N[C@@H](C)c1ccc2c(c1)CCC2. The summed E-state index contributed by atoms with van der Waals surface area (Å²) in [6, 6.07) is 15.1. The molecule has 0 bridgehead atoms. The molecule has 1 amide bonds. The van der Waals surface area contributed by atoms with E-state index in [0.29, 0.717) is 5.75 Å². The summed E-state index contributed by atoms with van der Waals surface area (Å²) >= 11 is 1.67. The fourth-order valence-corrected chi connectivity index (χ4v) is 4.17. The first kappa shape index (κ1) is 17.1. The highest BCUT2D eigenvalue weighted by Gasteiger charge is 2.15. The van der Waals surface area contributed by atoms with E-state index >= 15 is 0 Å². The van der Waals surface area contributed by atoms with Gasteiger partial charge >= 0.3 is 0 Å². The summed E-state index contributed by atoms with van der Waals surface area (Å²) in [7, 11) is 0. The summed E-state index contributed by atoms with van der Waals surface area (Å²) in [5.74, 6) is 1.50. The Kier molecular flexibility index (Phi) is 5.62. The number of thioether (sulfide) groups is 1. The zero-order valence-electron chi connectivity index (χ0n) is 14.5. The van der Waals surface area contributed by atoms with Crippen LogP contribution in [0.4, 0.5) is 0 Å². The van der Waals surface area contributed by atoms with Gasteiger partial charge in [0.05, 0.1) is 11.8 Å². The molecule has 3 rings (SSSR count). The number of rotatable bonds is 6. The van der Waals surface area contributed by atoms with E-state index < -0.39 is 0 Å². The quantitative estimate of drug-likeness (QED) is 0.834. The van der Waals surface area contributed by atoms with Crippen LogP contribution < -0.4 is 5.32 Å². The van der Waals surface area contributed by atoms with E-state index in [-0.39, 0.29) is 11.9 Å². The van der Waals surface area contributed by atoms with Crippen LogP contribution >= 0.6 is 11.8 Å². The molecule has 1 N–H and O–H groups in total. The number of hydrogen-bond donors (Lipinski definition) is 1. The number of fused-ring (bicyclic) bond motifs is 1. The van der Waals surface area contributed by atoms with Gasteiger partial charge in [0, 0.05) is 5.75 Å². The fraction of sp³-hybridized carbons (Fsp3) is 0.381. The molecule has 0 aliphatic heterocycles. The van der Waals surface area contributed by atoms with Gasteiger partial charge < -0.3 is 5.32 Å². The molecule has 0 heterocycles. The van der Waals surface area contributed by atoms with Crippen LogP contribution in [-0.2, 0) is 23.4 Å². The molecule has 0 unspecified atom stereocenters. The Balaban J connectivity index is 1.48. The highest BCUT2D eigenvalue weighted by molar-refractivity contribution is 7.99. The predicted octanol–water partition coefficient (Wildman–Crippen LogP) is 4.59. The molecule has 0 saturated heterocycles. The van der Waals surface area contributed by atoms with Gasteiger partial charge in [-0.3, -0.25) is 4.79 Å². The van der Waals surface area contributed by atoms with E-state index in [2.05, 4.69) is 61.6 Å². The standard InChI is InChI=1S/C21H25NOS/c1-15-6-3-4-7-20(15)13-24-14-21(23)22-16(2)18-11-10-17-8-5-9-19(17)12-18/h3-4,6-7,10-12,16H,5,8-9,13-14H2,1-2H3,(H,22,23)/t16-/m0/s1. The first-order valence-corrected chi connectivity index (χ1v) is 9.82. The molecule has 0 saturated carbocycles. The molecular formula is C21H25NOS. The third-order valence-electron chi connectivity index (χ3n) is 4.75. The average molecular weight is 340 g/mol. The number of hydrogen-bond acceptors (Lipinski definition) is 2. The maximum absolute atomic E-state index is 12.2. The molecule has 2 aromatic rings. The van der Waals surface area contributed by atoms with Crippen molar-refractivity contribution in [2.45, 2.75) is 44.9 Å². The Hall–Kier alpha value is -1.74. The minimum Gasteiger partial charge on any atom is -0.349 e. The van der Waals surface area contributed by atoms with Gasteiger partial charge in [0.25, 0.3) is 0 Å². The maximum Gasteiger partial charge on any atom is 0.230 e. The van der Waals surface area contributed by atoms with Crippen LogP contribution in [0, 0.1) is 6.92 Å². The van der Waals surface area contributed by atoms with Gasteiger partial charge in [-0.05, 0) is 60.9 Å². The van der Waals surface area contributed by atoms with Crippen molar-refractivity contribution < 1.29 is 4.79 Å². The molecule has 1 aliphatic rings. The molecule has 1 atom stereocenters. The van der Waals surface area contributed by atoms with E-state index in [9.17, 15) is 4.79 Å². The molecule has 0 spiro atoms. The molecule has 0 fully saturated rings. The minimum absolute atomic E-state index is 0.0717. The molecule has 3 heteroatoms. The molecule has 0 radical (unpaired) electrons. The fourth-order valence-electron chi connectivity index (χ4n) is 3.25. The molecule has 1 aliphatic carbocycles. The summed E-state index contributed by atoms with van der Waals surface area (Å²) in [5.41, 5.74) is 6.75. The van der Waals surface area contributed by atoms with Crippen LogP contribution in [0.15, 0.2) is 42.5 Å². The van der Waals surface area contributed by atoms with E-state index in [1.807, 2.05) is 0 Å². The van der Waals surface area contributed by atoms with Crippen molar-refractivity contribution >= 4 is 17.7 Å². The lowest BCUT2D eigenvalue weighted by molar-refractivity contribution is -0.119. The Morgan fingerprint density at radius 2 is 1.96 bits per heavy atom. The largest absolute Gasteiger partial charge is 0.349 e. The molecule has 2 aromatic carbocycles. The van der Waals surface area contributed by atoms with E-state index in [1.54, 1.807) is 11.8 Å². The second kappa shape index (κ2) is 7.89. The third kappa shape index (κ3) is 4.21. The number of aryl methyl sites for hydroxylation is 3. The van der Waals surface area contributed by atoms with Crippen LogP contribution in [-0.4, -0.2) is 11.7 Å². The first-order chi connectivity index (χ1) is 11.6. The van der Waals surface area contributed by atoms with E-state index in [1.165, 1.54) is 47.1 Å². The number of benzene rings is 2. The second-order valence-electron chi connectivity index (χ2n) is 6.59. The van der Waals surface area contributed by atoms with Crippen molar-refractivity contribution in [3.63, 3.8) is 0 Å². The Morgan fingerprint density at radius 1 is 1.17 bits per heavy atom. The average Bonchev–Trinajstić information content (AvgIpc) is 3.04. The van der Waals surface area contributed by atoms with Crippen LogP contribution in [0.5, 0.6) is 0 Å². The van der Waals surface area contributed by atoms with Crippen LogP contribution in [0.2, 0.25) is 0 Å². The maximum atomic E-state index is 12.2. The highest BCUT2D eigenvalue weighted by atomic mass is 32.2. The van der Waals surface area contributed by atoms with Crippen molar-refractivity contribution in [1.29, 1.82) is 0 Å². The lowest BCUT2D eigenvalue weighted by Crippen LogP contribution is -2.28. The number of amides is 1. The molecule has 126 valence electrons. The molecule has 2 nitrogen and oxygen atoms in total. The van der Waals surface area contributed by atoms with Gasteiger partial charge in [0.1, 0.15) is 0 Å². The zero-order valence-corrected chi connectivity index (χ0v) is 15.3. The molecule has 24 heavy (non-hydrogen) atoms. The molecular weight excluding hydrogens is 314 g/mol. The monoisotopic (exact) mass is 339 g/mol. The van der Waals surface area contributed by atoms with Crippen LogP contribution in [0.25, 0.3) is 0 Å². The Labute approximate surface area is 149 Å². The first-order valence-electron chi connectivity index (χ1n) is 8.67. The lowest BCUT2D eigenvalue weighted by Gasteiger charge is -2.15. The highest BCUT2D eigenvalue weighted by Crippen LogP contribution is 2.25. The van der Waals surface area contributed by atoms with Gasteiger partial charge in [0.2, 0.25) is 5.91 Å². The number of nitrogens with one attached hydrogen (secondary N) is 1. The number of carbonyl (C=O) groups is 1. The Bertz CT molecular complexity index is 726. The Morgan fingerprint density at radius 3 is 2.79 bits per heavy atom. The summed E-state index contributed by atoms with van der Waals surface area (Å²) < 4.78 is 0. The normalized spacial score (nSPS) is 14.2. The third-order valence-corrected chi connectivity index (χ3v) is 5.73. The summed E-state index contributed by atoms with van der Waals surface area (Å²) in [5, 5.41) is 3.13. The molecule has 0 aromatic heterocycles. The van der Waals surface area contributed by atoms with E-state index in [0.717, 1.165) is 5.75 Å². The minimum atomic E-state index is 0.0717. The van der Waals surface area contributed by atoms with Gasteiger partial charge in [-0.25, -0.2) is 0 Å². The van der Waals surface area contributed by atoms with Crippen molar-refractivity contribution in [3.05, 3.63) is 70.3 Å². The zero-order chi connectivity index (χ0) is 16.9. The van der Waals surface area contributed by atoms with Crippen LogP contribution in [0.3, 0.4) is 0 Å². The van der Waals surface area contributed by atoms with Gasteiger partial charge in [0.15, 0.2) is 0 Å². The summed E-state index contributed by atoms with van der Waals surface area (Å²) in [4.78, 5) is 12.2. The van der Waals surface area contributed by atoms with E-state index in [4.69, 9.17) is 0 Å². The smallest absolute Gasteiger partial charge is 0.230 e. The van der Waals surface area contributed by atoms with Gasteiger partial charge in [-0.2, -0.15) is 0 Å². The van der Waals surface area contributed by atoms with Crippen molar-refractivity contribution in [3.8, 4) is 0 Å². The second-order valence-corrected chi connectivity index (χ2v) is 7.58. The topological polar surface area (TPSA) is 29.1 Å². The van der Waals surface area contributed by atoms with Crippen LogP contribution in [0.1, 0.15) is 47.2 Å². The predicted molar refractivity (Wildman–Crippen MR) is 102 cm³/mol. The van der Waals surface area contributed by atoms with Crippen molar-refractivity contribution in [2.75, 3.05) is 5.75 Å². The van der Waals surface area contributed by atoms with Gasteiger partial charge in [-0.15, -0.1) is 11.8 Å². The summed E-state index contributed by atoms with van der Waals surface area (Å²) in [6.07, 6.45) is 3.64. The van der Waals surface area contributed by atoms with Gasteiger partial charge in [-0.1, -0.05) is 42.5 Å². The van der Waals surface area contributed by atoms with Crippen molar-refractivity contribution in [1.82, 2.24) is 5.32 Å². The summed E-state index contributed by atoms with van der Waals surface area (Å²) in [6.45, 7) is 4.19. The number of carbonyl (C=O) groups excluding carboxylic acids is 1. The lowest BCUT2D eigenvalue weighted by atomic mass is 10.0. The van der Waals surface area contributed by atoms with Crippen molar-refractivity contribution in [2.24, 2.45) is 0 Å².